The fourth-order valence-corrected chi connectivity index (χ4v) is 1.77. The van der Waals surface area contributed by atoms with Crippen molar-refractivity contribution >= 4 is 17.3 Å². The first kappa shape index (κ1) is 15.0. The van der Waals surface area contributed by atoms with Crippen molar-refractivity contribution in [3.8, 4) is 0 Å². The Labute approximate surface area is 112 Å². The number of ether oxygens (including phenoxy) is 1. The van der Waals surface area contributed by atoms with Crippen molar-refractivity contribution < 1.29 is 4.74 Å². The summed E-state index contributed by atoms with van der Waals surface area (Å²) in [5.74, 6) is 0.332. The summed E-state index contributed by atoms with van der Waals surface area (Å²) < 4.78 is 6.41. The predicted molar refractivity (Wildman–Crippen MR) is 73.4 cm³/mol. The van der Waals surface area contributed by atoms with Crippen LogP contribution in [0.2, 0.25) is 5.02 Å². The van der Waals surface area contributed by atoms with Crippen LogP contribution in [0.25, 0.3) is 0 Å². The summed E-state index contributed by atoms with van der Waals surface area (Å²) in [6, 6.07) is -0.00327. The molecular formula is C12H20ClN3O2. The molecule has 0 saturated carbocycles. The maximum Gasteiger partial charge on any atom is 0.287 e. The molecule has 0 aliphatic rings. The third kappa shape index (κ3) is 3.71. The zero-order chi connectivity index (χ0) is 13.7. The molecule has 6 heteroatoms. The average molecular weight is 274 g/mol. The number of anilines is 1. The van der Waals surface area contributed by atoms with E-state index < -0.39 is 0 Å². The van der Waals surface area contributed by atoms with E-state index in [1.54, 1.807) is 13.3 Å². The molecule has 102 valence electrons. The van der Waals surface area contributed by atoms with E-state index in [2.05, 4.69) is 10.4 Å². The van der Waals surface area contributed by atoms with Crippen LogP contribution >= 0.6 is 11.6 Å². The maximum absolute atomic E-state index is 11.9. The van der Waals surface area contributed by atoms with Gasteiger partial charge in [-0.3, -0.25) is 4.79 Å². The maximum atomic E-state index is 11.9. The fraction of sp³-hybridized carbons (Fsp3) is 0.667. The summed E-state index contributed by atoms with van der Waals surface area (Å²) in [7, 11) is 1.66. The summed E-state index contributed by atoms with van der Waals surface area (Å²) in [5, 5.41) is 7.39. The number of halogens is 1. The van der Waals surface area contributed by atoms with E-state index in [0.29, 0.717) is 24.8 Å². The van der Waals surface area contributed by atoms with Crippen LogP contribution in [0.5, 0.6) is 0 Å². The Morgan fingerprint density at radius 1 is 1.50 bits per heavy atom. The molecule has 5 nitrogen and oxygen atoms in total. The van der Waals surface area contributed by atoms with Crippen molar-refractivity contribution in [3.05, 3.63) is 21.6 Å². The molecule has 1 aromatic heterocycles. The van der Waals surface area contributed by atoms with Crippen LogP contribution in [0, 0.1) is 5.92 Å². The Kier molecular flexibility index (Phi) is 5.62. The van der Waals surface area contributed by atoms with Gasteiger partial charge < -0.3 is 10.1 Å². The Bertz CT molecular complexity index is 445. The summed E-state index contributed by atoms with van der Waals surface area (Å²) in [6.07, 6.45) is 1.59. The van der Waals surface area contributed by atoms with Crippen molar-refractivity contribution in [1.29, 1.82) is 0 Å². The van der Waals surface area contributed by atoms with Crippen LogP contribution in [0.1, 0.15) is 26.8 Å². The van der Waals surface area contributed by atoms with E-state index in [1.807, 2.05) is 20.8 Å². The lowest BCUT2D eigenvalue weighted by Gasteiger charge is -2.15. The van der Waals surface area contributed by atoms with Gasteiger partial charge in [0, 0.05) is 13.7 Å². The van der Waals surface area contributed by atoms with Gasteiger partial charge in [0.2, 0.25) is 0 Å². The van der Waals surface area contributed by atoms with Crippen molar-refractivity contribution in [2.75, 3.05) is 25.6 Å². The van der Waals surface area contributed by atoms with Gasteiger partial charge in [0.1, 0.15) is 5.02 Å². The smallest absolute Gasteiger partial charge is 0.287 e. The third-order valence-corrected chi connectivity index (χ3v) is 2.89. The minimum absolute atomic E-state index is 0.00327. The number of hydrogen-bond acceptors (Lipinski definition) is 4. The van der Waals surface area contributed by atoms with Gasteiger partial charge in [0.25, 0.3) is 5.56 Å². The molecule has 0 bridgehead atoms. The number of aromatic nitrogens is 2. The Morgan fingerprint density at radius 2 is 2.17 bits per heavy atom. The average Bonchev–Trinajstić information content (AvgIpc) is 2.31. The Morgan fingerprint density at radius 3 is 2.72 bits per heavy atom. The standard InChI is InChI=1S/C12H20ClN3O2/c1-8(2)16-12(17)11(13)10(6-15-16)14-5-9(3)7-18-4/h6,8-9,14H,5,7H2,1-4H3. The lowest BCUT2D eigenvalue weighted by molar-refractivity contribution is 0.164. The van der Waals surface area contributed by atoms with E-state index >= 15 is 0 Å². The molecule has 18 heavy (non-hydrogen) atoms. The highest BCUT2D eigenvalue weighted by Gasteiger charge is 2.11. The van der Waals surface area contributed by atoms with Crippen molar-refractivity contribution in [3.63, 3.8) is 0 Å². The molecule has 0 saturated heterocycles. The summed E-state index contributed by atoms with van der Waals surface area (Å²) in [4.78, 5) is 11.9. The normalized spacial score (nSPS) is 12.8. The van der Waals surface area contributed by atoms with Crippen LogP contribution in [0.15, 0.2) is 11.0 Å². The quantitative estimate of drug-likeness (QED) is 0.863. The minimum Gasteiger partial charge on any atom is -0.384 e. The topological polar surface area (TPSA) is 56.1 Å². The van der Waals surface area contributed by atoms with Gasteiger partial charge in [-0.15, -0.1) is 0 Å². The van der Waals surface area contributed by atoms with Crippen LogP contribution < -0.4 is 10.9 Å². The number of rotatable bonds is 6. The first-order chi connectivity index (χ1) is 8.47. The van der Waals surface area contributed by atoms with E-state index in [-0.39, 0.29) is 16.6 Å². The van der Waals surface area contributed by atoms with Crippen LogP contribution in [-0.4, -0.2) is 30.0 Å². The van der Waals surface area contributed by atoms with E-state index in [9.17, 15) is 4.79 Å². The number of hydrogen-bond donors (Lipinski definition) is 1. The molecule has 1 rings (SSSR count). The lowest BCUT2D eigenvalue weighted by atomic mass is 10.2. The SMILES string of the molecule is COCC(C)CNc1cnn(C(C)C)c(=O)c1Cl. The highest BCUT2D eigenvalue weighted by molar-refractivity contribution is 6.32. The van der Waals surface area contributed by atoms with E-state index in [4.69, 9.17) is 16.3 Å². The molecule has 1 unspecified atom stereocenters. The molecule has 0 aliphatic heterocycles. The van der Waals surface area contributed by atoms with Gasteiger partial charge >= 0.3 is 0 Å². The number of methoxy groups -OCH3 is 1. The summed E-state index contributed by atoms with van der Waals surface area (Å²) in [6.45, 7) is 7.16. The van der Waals surface area contributed by atoms with Crippen LogP contribution in [-0.2, 0) is 4.74 Å². The molecule has 0 fully saturated rings. The molecule has 0 radical (unpaired) electrons. The van der Waals surface area contributed by atoms with E-state index in [0.717, 1.165) is 0 Å². The Balaban J connectivity index is 2.80. The number of nitrogens with zero attached hydrogens (tertiary/aromatic N) is 2. The largest absolute Gasteiger partial charge is 0.384 e. The van der Waals surface area contributed by atoms with Crippen molar-refractivity contribution in [2.45, 2.75) is 26.8 Å². The van der Waals surface area contributed by atoms with Crippen molar-refractivity contribution in [1.82, 2.24) is 9.78 Å². The van der Waals surface area contributed by atoms with E-state index in [1.165, 1.54) is 4.68 Å². The predicted octanol–water partition coefficient (Wildman–Crippen LogP) is 2.17. The fourth-order valence-electron chi connectivity index (χ4n) is 1.56. The molecule has 0 amide bonds. The van der Waals surface area contributed by atoms with Gasteiger partial charge in [-0.1, -0.05) is 18.5 Å². The zero-order valence-electron chi connectivity index (χ0n) is 11.2. The molecule has 0 aliphatic carbocycles. The Hall–Kier alpha value is -1.07. The first-order valence-corrected chi connectivity index (χ1v) is 6.35. The molecule has 1 atom stereocenters. The number of nitrogens with one attached hydrogen (secondary N) is 1. The first-order valence-electron chi connectivity index (χ1n) is 5.97. The summed E-state index contributed by atoms with van der Waals surface area (Å²) >= 11 is 6.04. The van der Waals surface area contributed by atoms with Crippen molar-refractivity contribution in [2.24, 2.45) is 5.92 Å². The van der Waals surface area contributed by atoms with Gasteiger partial charge in [0.15, 0.2) is 0 Å². The molecule has 1 aromatic rings. The van der Waals surface area contributed by atoms with Crippen LogP contribution in [0.4, 0.5) is 5.69 Å². The van der Waals surface area contributed by atoms with Gasteiger partial charge in [0.05, 0.1) is 24.5 Å². The second-order valence-corrected chi connectivity index (χ2v) is 5.04. The molecule has 0 aromatic carbocycles. The van der Waals surface area contributed by atoms with Gasteiger partial charge in [-0.05, 0) is 19.8 Å². The minimum atomic E-state index is -0.268. The highest BCUT2D eigenvalue weighted by atomic mass is 35.5. The molecule has 0 spiro atoms. The molecular weight excluding hydrogens is 254 g/mol. The lowest BCUT2D eigenvalue weighted by Crippen LogP contribution is -2.26. The monoisotopic (exact) mass is 273 g/mol. The zero-order valence-corrected chi connectivity index (χ0v) is 12.0. The molecule has 1 heterocycles. The van der Waals surface area contributed by atoms with Gasteiger partial charge in [-0.25, -0.2) is 4.68 Å². The molecule has 1 N–H and O–H groups in total. The second kappa shape index (κ2) is 6.75. The highest BCUT2D eigenvalue weighted by Crippen LogP contribution is 2.16. The van der Waals surface area contributed by atoms with Gasteiger partial charge in [-0.2, -0.15) is 5.10 Å². The third-order valence-electron chi connectivity index (χ3n) is 2.52. The van der Waals surface area contributed by atoms with Crippen LogP contribution in [0.3, 0.4) is 0 Å². The second-order valence-electron chi connectivity index (χ2n) is 4.66. The summed E-state index contributed by atoms with van der Waals surface area (Å²) in [5.41, 5.74) is 0.303.